The van der Waals surface area contributed by atoms with Crippen LogP contribution in [0.2, 0.25) is 0 Å². The number of ketones is 1. The van der Waals surface area contributed by atoms with Gasteiger partial charge in [-0.2, -0.15) is 0 Å². The zero-order valence-corrected chi connectivity index (χ0v) is 8.37. The summed E-state index contributed by atoms with van der Waals surface area (Å²) < 4.78 is 5.15. The van der Waals surface area contributed by atoms with E-state index in [9.17, 15) is 4.79 Å². The van der Waals surface area contributed by atoms with Crippen molar-refractivity contribution >= 4 is 5.78 Å². The molecular formula is C11H17NO2. The molecule has 3 heteroatoms. The van der Waals surface area contributed by atoms with Gasteiger partial charge in [-0.3, -0.25) is 4.79 Å². The monoisotopic (exact) mass is 195 g/mol. The Balaban J connectivity index is 2.04. The van der Waals surface area contributed by atoms with Crippen molar-refractivity contribution in [3.63, 3.8) is 0 Å². The van der Waals surface area contributed by atoms with Crippen LogP contribution >= 0.6 is 0 Å². The van der Waals surface area contributed by atoms with E-state index in [1.165, 1.54) is 0 Å². The van der Waals surface area contributed by atoms with Crippen molar-refractivity contribution < 1.29 is 9.53 Å². The lowest BCUT2D eigenvalue weighted by Crippen LogP contribution is -2.50. The van der Waals surface area contributed by atoms with Crippen LogP contribution in [-0.4, -0.2) is 17.9 Å². The van der Waals surface area contributed by atoms with Gasteiger partial charge in [0.1, 0.15) is 5.78 Å². The van der Waals surface area contributed by atoms with Crippen LogP contribution in [-0.2, 0) is 9.53 Å². The molecule has 1 aliphatic carbocycles. The van der Waals surface area contributed by atoms with E-state index in [0.717, 1.165) is 25.9 Å². The van der Waals surface area contributed by atoms with E-state index < -0.39 is 0 Å². The van der Waals surface area contributed by atoms with Gasteiger partial charge in [0.05, 0.1) is 12.9 Å². The summed E-state index contributed by atoms with van der Waals surface area (Å²) in [6.07, 6.45) is 7.77. The van der Waals surface area contributed by atoms with Gasteiger partial charge in [0.15, 0.2) is 0 Å². The molecule has 0 bridgehead atoms. The highest BCUT2D eigenvalue weighted by Gasteiger charge is 2.37. The average molecular weight is 195 g/mol. The third kappa shape index (κ3) is 1.82. The lowest BCUT2D eigenvalue weighted by atomic mass is 9.72. The Hall–Kier alpha value is -0.830. The minimum Gasteiger partial charge on any atom is -0.501 e. The Morgan fingerprint density at radius 3 is 2.71 bits per heavy atom. The molecule has 0 radical (unpaired) electrons. The maximum atomic E-state index is 11.1. The fourth-order valence-corrected chi connectivity index (χ4v) is 2.35. The van der Waals surface area contributed by atoms with Crippen molar-refractivity contribution in [2.24, 2.45) is 11.7 Å². The molecule has 0 aromatic carbocycles. The van der Waals surface area contributed by atoms with Crippen LogP contribution in [0.3, 0.4) is 0 Å². The van der Waals surface area contributed by atoms with E-state index in [2.05, 4.69) is 6.08 Å². The van der Waals surface area contributed by atoms with Gasteiger partial charge < -0.3 is 10.5 Å². The molecule has 0 aromatic heterocycles. The first-order valence-electron chi connectivity index (χ1n) is 5.29. The molecule has 1 saturated carbocycles. The number of ether oxygens (including phenoxy) is 1. The van der Waals surface area contributed by atoms with Crippen LogP contribution in [0.15, 0.2) is 12.3 Å². The van der Waals surface area contributed by atoms with E-state index >= 15 is 0 Å². The predicted molar refractivity (Wildman–Crippen MR) is 53.6 cm³/mol. The van der Waals surface area contributed by atoms with Crippen LogP contribution in [0.5, 0.6) is 0 Å². The number of nitrogens with two attached hydrogens (primary N) is 1. The first-order chi connectivity index (χ1) is 6.71. The Kier molecular flexibility index (Phi) is 2.59. The quantitative estimate of drug-likeness (QED) is 0.687. The van der Waals surface area contributed by atoms with Gasteiger partial charge in [0.25, 0.3) is 0 Å². The van der Waals surface area contributed by atoms with Crippen molar-refractivity contribution in [1.82, 2.24) is 0 Å². The second kappa shape index (κ2) is 3.73. The molecule has 3 nitrogen and oxygen atoms in total. The average Bonchev–Trinajstić information content (AvgIpc) is 2.24. The first kappa shape index (κ1) is 9.71. The number of Topliss-reactive ketones (excluding diaryl/α,β-unsaturated/α-hetero) is 1. The molecule has 0 spiro atoms. The molecule has 78 valence electrons. The van der Waals surface area contributed by atoms with Gasteiger partial charge in [0, 0.05) is 24.3 Å². The zero-order valence-electron chi connectivity index (χ0n) is 8.37. The van der Waals surface area contributed by atoms with Crippen molar-refractivity contribution in [3.8, 4) is 0 Å². The van der Waals surface area contributed by atoms with E-state index in [-0.39, 0.29) is 5.54 Å². The second-order valence-corrected chi connectivity index (χ2v) is 4.37. The summed E-state index contributed by atoms with van der Waals surface area (Å²) in [5, 5.41) is 0. The summed E-state index contributed by atoms with van der Waals surface area (Å²) in [6, 6.07) is 0. The minimum atomic E-state index is -0.159. The van der Waals surface area contributed by atoms with E-state index in [1.54, 1.807) is 6.26 Å². The summed E-state index contributed by atoms with van der Waals surface area (Å²) in [5.74, 6) is 0.756. The lowest BCUT2D eigenvalue weighted by Gasteiger charge is -2.39. The molecular weight excluding hydrogens is 178 g/mol. The summed E-state index contributed by atoms with van der Waals surface area (Å²) in [7, 11) is 0. The largest absolute Gasteiger partial charge is 0.501 e. The highest BCUT2D eigenvalue weighted by atomic mass is 16.5. The molecule has 1 atom stereocenters. The maximum Gasteiger partial charge on any atom is 0.133 e. The Morgan fingerprint density at radius 1 is 1.43 bits per heavy atom. The number of carbonyl (C=O) groups is 1. The molecule has 1 unspecified atom stereocenters. The topological polar surface area (TPSA) is 52.3 Å². The molecule has 0 amide bonds. The predicted octanol–water partition coefficient (Wildman–Crippen LogP) is 1.38. The van der Waals surface area contributed by atoms with Gasteiger partial charge in [-0.15, -0.1) is 0 Å². The molecule has 1 heterocycles. The van der Waals surface area contributed by atoms with E-state index in [0.29, 0.717) is 24.5 Å². The number of hydrogen-bond acceptors (Lipinski definition) is 3. The summed E-state index contributed by atoms with van der Waals surface area (Å²) >= 11 is 0. The van der Waals surface area contributed by atoms with Gasteiger partial charge in [-0.1, -0.05) is 0 Å². The third-order valence-electron chi connectivity index (χ3n) is 3.43. The van der Waals surface area contributed by atoms with Crippen molar-refractivity contribution in [1.29, 1.82) is 0 Å². The number of carbonyl (C=O) groups excluding carboxylic acids is 1. The molecule has 2 N–H and O–H groups in total. The molecule has 2 aliphatic rings. The van der Waals surface area contributed by atoms with Crippen LogP contribution in [0, 0.1) is 5.92 Å². The van der Waals surface area contributed by atoms with Crippen LogP contribution in [0.4, 0.5) is 0 Å². The third-order valence-corrected chi connectivity index (χ3v) is 3.43. The van der Waals surface area contributed by atoms with Crippen LogP contribution in [0.25, 0.3) is 0 Å². The van der Waals surface area contributed by atoms with Crippen LogP contribution in [0.1, 0.15) is 32.1 Å². The van der Waals surface area contributed by atoms with Gasteiger partial charge >= 0.3 is 0 Å². The summed E-state index contributed by atoms with van der Waals surface area (Å²) in [6.45, 7) is 0.758. The standard InChI is InChI=1S/C11H17NO2/c12-11(5-1-10(13)2-6-11)9-3-7-14-8-4-9/h3,7,9H,1-2,4-6,8,12H2. The molecule has 0 aromatic rings. The van der Waals surface area contributed by atoms with Gasteiger partial charge in [0.2, 0.25) is 0 Å². The lowest BCUT2D eigenvalue weighted by molar-refractivity contribution is -0.121. The van der Waals surface area contributed by atoms with Crippen LogP contribution < -0.4 is 5.73 Å². The highest BCUT2D eigenvalue weighted by Crippen LogP contribution is 2.34. The molecule has 2 rings (SSSR count). The number of rotatable bonds is 1. The zero-order chi connectivity index (χ0) is 10.0. The van der Waals surface area contributed by atoms with Gasteiger partial charge in [-0.25, -0.2) is 0 Å². The van der Waals surface area contributed by atoms with Crippen molar-refractivity contribution in [2.75, 3.05) is 6.61 Å². The SMILES string of the molecule is NC1(C2C=COCC2)CCC(=O)CC1. The highest BCUT2D eigenvalue weighted by molar-refractivity contribution is 5.79. The minimum absolute atomic E-state index is 0.159. The normalized spacial score (nSPS) is 31.2. The Labute approximate surface area is 84.3 Å². The Morgan fingerprint density at radius 2 is 2.14 bits per heavy atom. The molecule has 1 fully saturated rings. The number of hydrogen-bond donors (Lipinski definition) is 1. The molecule has 14 heavy (non-hydrogen) atoms. The Bertz CT molecular complexity index is 250. The maximum absolute atomic E-state index is 11.1. The summed E-state index contributed by atoms with van der Waals surface area (Å²) in [5.41, 5.74) is 6.18. The molecule has 1 aliphatic heterocycles. The first-order valence-corrected chi connectivity index (χ1v) is 5.29. The second-order valence-electron chi connectivity index (χ2n) is 4.37. The van der Waals surface area contributed by atoms with Crippen molar-refractivity contribution in [2.45, 2.75) is 37.6 Å². The smallest absolute Gasteiger partial charge is 0.133 e. The summed E-state index contributed by atoms with van der Waals surface area (Å²) in [4.78, 5) is 11.1. The fourth-order valence-electron chi connectivity index (χ4n) is 2.35. The molecule has 0 saturated heterocycles. The fraction of sp³-hybridized carbons (Fsp3) is 0.727. The van der Waals surface area contributed by atoms with E-state index in [4.69, 9.17) is 10.5 Å². The van der Waals surface area contributed by atoms with Crippen molar-refractivity contribution in [3.05, 3.63) is 12.3 Å². The van der Waals surface area contributed by atoms with Gasteiger partial charge in [-0.05, 0) is 25.3 Å². The van der Waals surface area contributed by atoms with E-state index in [1.807, 2.05) is 0 Å².